The maximum absolute atomic E-state index is 11.8. The van der Waals surface area contributed by atoms with E-state index in [1.807, 2.05) is 20.8 Å². The fourth-order valence-corrected chi connectivity index (χ4v) is 1.99. The quantitative estimate of drug-likeness (QED) is 0.345. The summed E-state index contributed by atoms with van der Waals surface area (Å²) < 4.78 is 0.679. The molecular formula is C13H18BrN3O2. The average Bonchev–Trinajstić information content (AvgIpc) is 2.28. The Balaban J connectivity index is 2.84. The number of carbonyl (C=O) groups excluding carboxylic acids is 1. The van der Waals surface area contributed by atoms with E-state index in [1.165, 1.54) is 0 Å². The molecule has 0 bridgehead atoms. The number of amidine groups is 1. The molecule has 0 spiro atoms. The second-order valence-corrected chi connectivity index (χ2v) is 6.32. The predicted molar refractivity (Wildman–Crippen MR) is 79.4 cm³/mol. The number of anilines is 1. The number of oxime groups is 1. The van der Waals surface area contributed by atoms with E-state index in [1.54, 1.807) is 18.2 Å². The Hall–Kier alpha value is -1.56. The van der Waals surface area contributed by atoms with Gasteiger partial charge in [-0.05, 0) is 39.5 Å². The Morgan fingerprint density at radius 3 is 2.58 bits per heavy atom. The first kappa shape index (κ1) is 15.5. The third-order valence-corrected chi connectivity index (χ3v) is 2.99. The largest absolute Gasteiger partial charge is 0.409 e. The van der Waals surface area contributed by atoms with Gasteiger partial charge in [-0.1, -0.05) is 25.9 Å². The Morgan fingerprint density at radius 1 is 1.47 bits per heavy atom. The summed E-state index contributed by atoms with van der Waals surface area (Å²) in [6, 6.07) is 5.06. The maximum atomic E-state index is 11.8. The molecule has 6 heteroatoms. The van der Waals surface area contributed by atoms with Gasteiger partial charge in [-0.3, -0.25) is 4.79 Å². The van der Waals surface area contributed by atoms with E-state index in [4.69, 9.17) is 10.9 Å². The first-order valence-electron chi connectivity index (χ1n) is 5.80. The van der Waals surface area contributed by atoms with Crippen molar-refractivity contribution in [3.05, 3.63) is 28.2 Å². The van der Waals surface area contributed by atoms with Crippen LogP contribution in [0.3, 0.4) is 0 Å². The van der Waals surface area contributed by atoms with Crippen LogP contribution >= 0.6 is 15.9 Å². The molecular weight excluding hydrogens is 310 g/mol. The molecule has 0 saturated heterocycles. The van der Waals surface area contributed by atoms with Gasteiger partial charge in [0.05, 0.1) is 5.69 Å². The summed E-state index contributed by atoms with van der Waals surface area (Å²) in [5.74, 6) is -0.0296. The summed E-state index contributed by atoms with van der Waals surface area (Å²) in [6.45, 7) is 6.01. The van der Waals surface area contributed by atoms with Gasteiger partial charge in [0.25, 0.3) is 0 Å². The zero-order valence-electron chi connectivity index (χ0n) is 11.2. The zero-order valence-corrected chi connectivity index (χ0v) is 12.8. The highest BCUT2D eigenvalue weighted by molar-refractivity contribution is 9.10. The number of halogens is 1. The summed E-state index contributed by atoms with van der Waals surface area (Å²) in [6.07, 6.45) is 0.432. The lowest BCUT2D eigenvalue weighted by Crippen LogP contribution is -2.20. The van der Waals surface area contributed by atoms with Crippen LogP contribution in [0.2, 0.25) is 0 Å². The van der Waals surface area contributed by atoms with Crippen LogP contribution in [0.1, 0.15) is 32.8 Å². The molecule has 0 atom stereocenters. The van der Waals surface area contributed by atoms with Gasteiger partial charge in [0.15, 0.2) is 5.84 Å². The number of rotatable bonds is 3. The normalized spacial score (nSPS) is 12.3. The number of hydrogen-bond donors (Lipinski definition) is 3. The fourth-order valence-electron chi connectivity index (χ4n) is 1.51. The second kappa shape index (κ2) is 6.06. The summed E-state index contributed by atoms with van der Waals surface area (Å²) >= 11 is 3.35. The Morgan fingerprint density at radius 2 is 2.11 bits per heavy atom. The smallest absolute Gasteiger partial charge is 0.224 e. The Kier molecular flexibility index (Phi) is 4.94. The summed E-state index contributed by atoms with van der Waals surface area (Å²) in [7, 11) is 0. The van der Waals surface area contributed by atoms with Gasteiger partial charge in [0.2, 0.25) is 5.91 Å². The maximum Gasteiger partial charge on any atom is 0.224 e. The molecule has 0 aliphatic heterocycles. The average molecular weight is 328 g/mol. The molecule has 1 aromatic carbocycles. The van der Waals surface area contributed by atoms with Crippen LogP contribution in [0.15, 0.2) is 27.8 Å². The predicted octanol–water partition coefficient (Wildman–Crippen LogP) is 2.92. The van der Waals surface area contributed by atoms with Gasteiger partial charge in [-0.25, -0.2) is 0 Å². The van der Waals surface area contributed by atoms with Crippen molar-refractivity contribution in [3.8, 4) is 0 Å². The number of amides is 1. The Bertz CT molecular complexity index is 507. The third kappa shape index (κ3) is 4.90. The minimum absolute atomic E-state index is 0.0215. The molecule has 1 rings (SSSR count). The van der Waals surface area contributed by atoms with Gasteiger partial charge < -0.3 is 16.3 Å². The molecule has 0 aliphatic carbocycles. The van der Waals surface area contributed by atoms with E-state index in [9.17, 15) is 4.79 Å². The van der Waals surface area contributed by atoms with E-state index in [0.717, 1.165) is 0 Å². The molecule has 0 heterocycles. The summed E-state index contributed by atoms with van der Waals surface area (Å²) in [4.78, 5) is 11.8. The van der Waals surface area contributed by atoms with Crippen LogP contribution in [0.5, 0.6) is 0 Å². The molecule has 5 nitrogen and oxygen atoms in total. The monoisotopic (exact) mass is 327 g/mol. The van der Waals surface area contributed by atoms with Crippen molar-refractivity contribution in [2.75, 3.05) is 5.32 Å². The molecule has 0 saturated carbocycles. The van der Waals surface area contributed by atoms with Crippen molar-refractivity contribution in [1.29, 1.82) is 0 Å². The second-order valence-electron chi connectivity index (χ2n) is 5.47. The fraction of sp³-hybridized carbons (Fsp3) is 0.385. The number of benzene rings is 1. The van der Waals surface area contributed by atoms with Crippen LogP contribution in [0.25, 0.3) is 0 Å². The summed E-state index contributed by atoms with van der Waals surface area (Å²) in [5, 5.41) is 14.3. The van der Waals surface area contributed by atoms with Crippen LogP contribution in [0.4, 0.5) is 5.69 Å². The molecule has 1 aromatic rings. The minimum Gasteiger partial charge on any atom is -0.409 e. The van der Waals surface area contributed by atoms with Crippen LogP contribution < -0.4 is 11.1 Å². The van der Waals surface area contributed by atoms with Crippen molar-refractivity contribution in [2.24, 2.45) is 16.3 Å². The molecule has 1 amide bonds. The van der Waals surface area contributed by atoms with Crippen molar-refractivity contribution in [2.45, 2.75) is 27.2 Å². The van der Waals surface area contributed by atoms with Crippen molar-refractivity contribution >= 4 is 33.4 Å². The van der Waals surface area contributed by atoms with Crippen molar-refractivity contribution < 1.29 is 10.0 Å². The molecule has 0 fully saturated rings. The minimum atomic E-state index is -0.0650. The molecule has 0 unspecified atom stereocenters. The van der Waals surface area contributed by atoms with Crippen molar-refractivity contribution in [3.63, 3.8) is 0 Å². The SMILES string of the molecule is CC(C)(C)CC(=O)Nc1ccc(/C(N)=N/O)cc1Br. The number of nitrogens with one attached hydrogen (secondary N) is 1. The lowest BCUT2D eigenvalue weighted by molar-refractivity contribution is -0.117. The van der Waals surface area contributed by atoms with Gasteiger partial charge >= 0.3 is 0 Å². The number of nitrogens with two attached hydrogens (primary N) is 1. The number of carbonyl (C=O) groups is 1. The van der Waals surface area contributed by atoms with E-state index in [2.05, 4.69) is 26.4 Å². The Labute approximate surface area is 121 Å². The van der Waals surface area contributed by atoms with Crippen LogP contribution in [-0.4, -0.2) is 17.0 Å². The molecule has 0 aromatic heterocycles. The van der Waals surface area contributed by atoms with Gasteiger partial charge in [-0.2, -0.15) is 0 Å². The lowest BCUT2D eigenvalue weighted by Gasteiger charge is -2.17. The van der Waals surface area contributed by atoms with E-state index < -0.39 is 0 Å². The van der Waals surface area contributed by atoms with Crippen LogP contribution in [-0.2, 0) is 4.79 Å². The zero-order chi connectivity index (χ0) is 14.6. The van der Waals surface area contributed by atoms with Gasteiger partial charge in [-0.15, -0.1) is 0 Å². The van der Waals surface area contributed by atoms with Crippen LogP contribution in [0, 0.1) is 5.41 Å². The number of hydrogen-bond acceptors (Lipinski definition) is 3. The molecule has 4 N–H and O–H groups in total. The highest BCUT2D eigenvalue weighted by atomic mass is 79.9. The van der Waals surface area contributed by atoms with Crippen molar-refractivity contribution in [1.82, 2.24) is 0 Å². The highest BCUT2D eigenvalue weighted by Gasteiger charge is 2.16. The standard InChI is InChI=1S/C13H18BrN3O2/c1-13(2,3)7-11(18)16-10-5-4-8(6-9(10)14)12(15)17-19/h4-6,19H,7H2,1-3H3,(H2,15,17)(H,16,18). The summed E-state index contributed by atoms with van der Waals surface area (Å²) in [5.41, 5.74) is 6.65. The van der Waals surface area contributed by atoms with E-state index in [-0.39, 0.29) is 17.2 Å². The van der Waals surface area contributed by atoms with E-state index >= 15 is 0 Å². The van der Waals surface area contributed by atoms with Gasteiger partial charge in [0.1, 0.15) is 0 Å². The van der Waals surface area contributed by atoms with E-state index in [0.29, 0.717) is 22.1 Å². The molecule has 104 valence electrons. The first-order chi connectivity index (χ1) is 8.73. The van der Waals surface area contributed by atoms with Gasteiger partial charge in [0, 0.05) is 16.5 Å². The lowest BCUT2D eigenvalue weighted by atomic mass is 9.92. The topological polar surface area (TPSA) is 87.7 Å². The number of nitrogens with zero attached hydrogens (tertiary/aromatic N) is 1. The first-order valence-corrected chi connectivity index (χ1v) is 6.59. The highest BCUT2D eigenvalue weighted by Crippen LogP contribution is 2.25. The molecule has 19 heavy (non-hydrogen) atoms. The third-order valence-electron chi connectivity index (χ3n) is 2.34. The molecule has 0 aliphatic rings. The molecule has 0 radical (unpaired) electrons.